The number of para-hydroxylation sites is 1. The average molecular weight is 400 g/mol. The number of benzene rings is 3. The summed E-state index contributed by atoms with van der Waals surface area (Å²) in [6, 6.07) is 21.5. The first-order valence-corrected chi connectivity index (χ1v) is 9.55. The summed E-state index contributed by atoms with van der Waals surface area (Å²) in [5.41, 5.74) is 2.79. The first-order valence-electron chi connectivity index (χ1n) is 9.55. The van der Waals surface area contributed by atoms with Gasteiger partial charge in [-0.3, -0.25) is 0 Å². The summed E-state index contributed by atoms with van der Waals surface area (Å²) in [5, 5.41) is 0.537. The fourth-order valence-corrected chi connectivity index (χ4v) is 3.17. The van der Waals surface area contributed by atoms with Crippen LogP contribution in [0.1, 0.15) is 11.1 Å². The second-order valence-corrected chi connectivity index (χ2v) is 6.96. The minimum Gasteiger partial charge on any atom is -0.482 e. The Labute approximate surface area is 173 Å². The van der Waals surface area contributed by atoms with Crippen LogP contribution in [-0.2, 0) is 4.79 Å². The molecule has 0 unspecified atom stereocenters. The van der Waals surface area contributed by atoms with E-state index in [0.29, 0.717) is 22.3 Å². The summed E-state index contributed by atoms with van der Waals surface area (Å²) in [4.78, 5) is 25.3. The van der Waals surface area contributed by atoms with Crippen molar-refractivity contribution in [3.8, 4) is 22.6 Å². The molecule has 0 N–H and O–H groups in total. The molecule has 0 saturated heterocycles. The molecule has 0 radical (unpaired) electrons. The van der Waals surface area contributed by atoms with Gasteiger partial charge >= 0.3 is 11.6 Å². The van der Waals surface area contributed by atoms with E-state index < -0.39 is 11.6 Å². The van der Waals surface area contributed by atoms with E-state index in [0.717, 1.165) is 11.1 Å². The molecule has 0 aliphatic carbocycles. The lowest BCUT2D eigenvalue weighted by molar-refractivity contribution is -0.136. The van der Waals surface area contributed by atoms with Crippen LogP contribution in [0.3, 0.4) is 0 Å². The number of carbonyl (C=O) groups is 1. The Morgan fingerprint density at radius 3 is 2.40 bits per heavy atom. The monoisotopic (exact) mass is 400 g/mol. The lowest BCUT2D eigenvalue weighted by Crippen LogP contribution is -2.19. The van der Waals surface area contributed by atoms with E-state index in [4.69, 9.17) is 13.9 Å². The quantitative estimate of drug-likeness (QED) is 0.346. The van der Waals surface area contributed by atoms with Crippen molar-refractivity contribution in [1.82, 2.24) is 0 Å². The first kappa shape index (κ1) is 19.5. The van der Waals surface area contributed by atoms with Crippen molar-refractivity contribution in [2.75, 3.05) is 6.61 Å². The normalized spacial score (nSPS) is 10.7. The minimum absolute atomic E-state index is 0.168. The molecule has 0 fully saturated rings. The highest BCUT2D eigenvalue weighted by Crippen LogP contribution is 2.34. The largest absolute Gasteiger partial charge is 0.482 e. The molecule has 1 aromatic heterocycles. The van der Waals surface area contributed by atoms with E-state index >= 15 is 0 Å². The first-order chi connectivity index (χ1) is 14.5. The van der Waals surface area contributed by atoms with Crippen LogP contribution >= 0.6 is 0 Å². The maximum absolute atomic E-state index is 12.7. The van der Waals surface area contributed by atoms with Gasteiger partial charge in [-0.15, -0.1) is 0 Å². The molecule has 4 rings (SSSR count). The van der Waals surface area contributed by atoms with Crippen molar-refractivity contribution in [3.05, 3.63) is 94.3 Å². The zero-order chi connectivity index (χ0) is 21.1. The van der Waals surface area contributed by atoms with E-state index in [2.05, 4.69) is 0 Å². The average Bonchev–Trinajstić information content (AvgIpc) is 2.75. The smallest absolute Gasteiger partial charge is 0.349 e. The fraction of sp³-hybridized carbons (Fsp3) is 0.120. The lowest BCUT2D eigenvalue weighted by atomic mass is 10.0. The van der Waals surface area contributed by atoms with E-state index in [1.165, 1.54) is 0 Å². The zero-order valence-electron chi connectivity index (χ0n) is 16.7. The number of esters is 1. The van der Waals surface area contributed by atoms with Gasteiger partial charge in [0.1, 0.15) is 16.9 Å². The van der Waals surface area contributed by atoms with Crippen LogP contribution < -0.4 is 15.1 Å². The van der Waals surface area contributed by atoms with Crippen molar-refractivity contribution < 1.29 is 18.7 Å². The molecule has 1 heterocycles. The maximum atomic E-state index is 12.7. The van der Waals surface area contributed by atoms with Gasteiger partial charge in [-0.25, -0.2) is 9.59 Å². The minimum atomic E-state index is -0.610. The molecule has 3 aromatic carbocycles. The summed E-state index contributed by atoms with van der Waals surface area (Å²) in [6.07, 6.45) is 0. The number of carbonyl (C=O) groups excluding carboxylic acids is 1. The van der Waals surface area contributed by atoms with Crippen molar-refractivity contribution in [2.45, 2.75) is 13.8 Å². The van der Waals surface area contributed by atoms with E-state index in [1.807, 2.05) is 32.0 Å². The van der Waals surface area contributed by atoms with Gasteiger partial charge in [-0.05, 0) is 54.8 Å². The molecule has 0 aliphatic heterocycles. The molecule has 4 aromatic rings. The highest BCUT2D eigenvalue weighted by Gasteiger charge is 2.20. The van der Waals surface area contributed by atoms with E-state index in [9.17, 15) is 9.59 Å². The van der Waals surface area contributed by atoms with Crippen LogP contribution in [0, 0.1) is 13.8 Å². The summed E-state index contributed by atoms with van der Waals surface area (Å²) in [7, 11) is 0. The standard InChI is InChI=1S/C25H20O5/c1-16-12-13-19(14-17(16)2)28-15-22(26)30-24-20-10-6-7-11-21(20)29-25(27)23(24)18-8-4-3-5-9-18/h3-14H,15H2,1-2H3. The van der Waals surface area contributed by atoms with Gasteiger partial charge in [-0.1, -0.05) is 48.5 Å². The fourth-order valence-electron chi connectivity index (χ4n) is 3.17. The summed E-state index contributed by atoms with van der Waals surface area (Å²) >= 11 is 0. The molecule has 0 atom stereocenters. The number of fused-ring (bicyclic) bond motifs is 1. The Balaban J connectivity index is 1.67. The Morgan fingerprint density at radius 2 is 1.63 bits per heavy atom. The summed E-state index contributed by atoms with van der Waals surface area (Å²) < 4.78 is 16.7. The number of hydrogen-bond acceptors (Lipinski definition) is 5. The predicted molar refractivity (Wildman–Crippen MR) is 115 cm³/mol. The zero-order valence-corrected chi connectivity index (χ0v) is 16.7. The second-order valence-electron chi connectivity index (χ2n) is 6.96. The Kier molecular flexibility index (Phi) is 5.35. The number of aryl methyl sites for hydroxylation is 2. The second kappa shape index (κ2) is 8.25. The summed E-state index contributed by atoms with van der Waals surface area (Å²) in [6.45, 7) is 3.69. The third kappa shape index (κ3) is 3.96. The van der Waals surface area contributed by atoms with Crippen LogP contribution in [0.25, 0.3) is 22.1 Å². The van der Waals surface area contributed by atoms with Crippen molar-refractivity contribution in [3.63, 3.8) is 0 Å². The van der Waals surface area contributed by atoms with Gasteiger partial charge < -0.3 is 13.9 Å². The molecule has 0 saturated carbocycles. The topological polar surface area (TPSA) is 65.7 Å². The van der Waals surface area contributed by atoms with Crippen LogP contribution in [0.15, 0.2) is 82.0 Å². The van der Waals surface area contributed by atoms with Crippen molar-refractivity contribution in [1.29, 1.82) is 0 Å². The summed E-state index contributed by atoms with van der Waals surface area (Å²) in [5.74, 6) is 0.138. The molecule has 5 nitrogen and oxygen atoms in total. The number of hydrogen-bond donors (Lipinski definition) is 0. The molecular formula is C25H20O5. The SMILES string of the molecule is Cc1ccc(OCC(=O)Oc2c(-c3ccccc3)c(=O)oc3ccccc23)cc1C. The van der Waals surface area contributed by atoms with Crippen LogP contribution in [0.4, 0.5) is 0 Å². The molecule has 5 heteroatoms. The van der Waals surface area contributed by atoms with Gasteiger partial charge in [-0.2, -0.15) is 0 Å². The molecule has 0 amide bonds. The van der Waals surface area contributed by atoms with E-state index in [1.54, 1.807) is 54.6 Å². The highest BCUT2D eigenvalue weighted by atomic mass is 16.6. The van der Waals surface area contributed by atoms with Gasteiger partial charge in [0.25, 0.3) is 0 Å². The van der Waals surface area contributed by atoms with Crippen LogP contribution in [-0.4, -0.2) is 12.6 Å². The van der Waals surface area contributed by atoms with Crippen molar-refractivity contribution >= 4 is 16.9 Å². The van der Waals surface area contributed by atoms with Crippen molar-refractivity contribution in [2.24, 2.45) is 0 Å². The van der Waals surface area contributed by atoms with Gasteiger partial charge in [0.2, 0.25) is 0 Å². The number of ether oxygens (including phenoxy) is 2. The molecule has 30 heavy (non-hydrogen) atoms. The van der Waals surface area contributed by atoms with Gasteiger partial charge in [0.15, 0.2) is 12.4 Å². The van der Waals surface area contributed by atoms with Gasteiger partial charge in [0, 0.05) is 0 Å². The highest BCUT2D eigenvalue weighted by molar-refractivity contribution is 5.93. The predicted octanol–water partition coefficient (Wildman–Crippen LogP) is 5.06. The van der Waals surface area contributed by atoms with Gasteiger partial charge in [0.05, 0.1) is 5.39 Å². The third-order valence-corrected chi connectivity index (χ3v) is 4.88. The molecule has 0 bridgehead atoms. The molecule has 0 spiro atoms. The Hall–Kier alpha value is -3.86. The lowest BCUT2D eigenvalue weighted by Gasteiger charge is -2.13. The third-order valence-electron chi connectivity index (χ3n) is 4.88. The molecular weight excluding hydrogens is 380 g/mol. The number of rotatable bonds is 5. The maximum Gasteiger partial charge on any atom is 0.349 e. The Bertz CT molecular complexity index is 1270. The van der Waals surface area contributed by atoms with E-state index in [-0.39, 0.29) is 17.9 Å². The molecule has 0 aliphatic rings. The molecule has 150 valence electrons. The van der Waals surface area contributed by atoms with Crippen LogP contribution in [0.2, 0.25) is 0 Å². The Morgan fingerprint density at radius 1 is 0.900 bits per heavy atom. The van der Waals surface area contributed by atoms with Crippen LogP contribution in [0.5, 0.6) is 11.5 Å².